The van der Waals surface area contributed by atoms with E-state index in [2.05, 4.69) is 30.0 Å². The standard InChI is InChI=1S/C11H19N3S/c1-4-8-15-9-7-12-10(2)11-5-6-13-14(11)3/h4-6,10,12H,1,7-9H2,2-3H3. The van der Waals surface area contributed by atoms with Crippen LogP contribution in [0.15, 0.2) is 24.9 Å². The van der Waals surface area contributed by atoms with Gasteiger partial charge >= 0.3 is 0 Å². The topological polar surface area (TPSA) is 29.9 Å². The van der Waals surface area contributed by atoms with Crippen molar-refractivity contribution in [2.24, 2.45) is 7.05 Å². The van der Waals surface area contributed by atoms with Crippen LogP contribution in [-0.2, 0) is 7.05 Å². The second-order valence-corrected chi connectivity index (χ2v) is 4.57. The van der Waals surface area contributed by atoms with Crippen LogP contribution in [0, 0.1) is 0 Å². The van der Waals surface area contributed by atoms with Crippen molar-refractivity contribution in [3.05, 3.63) is 30.6 Å². The Kier molecular flexibility index (Phi) is 5.50. The third kappa shape index (κ3) is 4.10. The Hall–Kier alpha value is -0.740. The number of hydrogen-bond donors (Lipinski definition) is 1. The van der Waals surface area contributed by atoms with Crippen LogP contribution in [0.25, 0.3) is 0 Å². The smallest absolute Gasteiger partial charge is 0.0547 e. The molecule has 4 heteroatoms. The molecule has 3 nitrogen and oxygen atoms in total. The van der Waals surface area contributed by atoms with Gasteiger partial charge in [0.1, 0.15) is 0 Å². The van der Waals surface area contributed by atoms with Crippen LogP contribution in [-0.4, -0.2) is 27.8 Å². The molecular formula is C11H19N3S. The van der Waals surface area contributed by atoms with E-state index in [-0.39, 0.29) is 0 Å². The van der Waals surface area contributed by atoms with E-state index in [0.717, 1.165) is 18.1 Å². The second kappa shape index (κ2) is 6.69. The van der Waals surface area contributed by atoms with Gasteiger partial charge in [0.15, 0.2) is 0 Å². The predicted octanol–water partition coefficient (Wildman–Crippen LogP) is 1.99. The van der Waals surface area contributed by atoms with Crippen LogP contribution >= 0.6 is 11.8 Å². The molecule has 0 aliphatic carbocycles. The van der Waals surface area contributed by atoms with Crippen molar-refractivity contribution in [3.63, 3.8) is 0 Å². The van der Waals surface area contributed by atoms with Crippen molar-refractivity contribution in [2.75, 3.05) is 18.1 Å². The molecule has 1 N–H and O–H groups in total. The fraction of sp³-hybridized carbons (Fsp3) is 0.545. The van der Waals surface area contributed by atoms with Crippen LogP contribution < -0.4 is 5.32 Å². The summed E-state index contributed by atoms with van der Waals surface area (Å²) in [5.74, 6) is 2.15. The Balaban J connectivity index is 2.22. The number of aromatic nitrogens is 2. The minimum Gasteiger partial charge on any atom is -0.308 e. The number of thioether (sulfide) groups is 1. The summed E-state index contributed by atoms with van der Waals surface area (Å²) < 4.78 is 1.91. The Bertz CT molecular complexity index is 296. The Morgan fingerprint density at radius 2 is 2.53 bits per heavy atom. The van der Waals surface area contributed by atoms with Crippen LogP contribution in [0.2, 0.25) is 0 Å². The van der Waals surface area contributed by atoms with E-state index in [1.54, 1.807) is 0 Å². The summed E-state index contributed by atoms with van der Waals surface area (Å²) in [7, 11) is 1.97. The molecule has 1 aromatic heterocycles. The SMILES string of the molecule is C=CCSCCNC(C)c1ccnn1C. The summed E-state index contributed by atoms with van der Waals surface area (Å²) in [5.41, 5.74) is 1.23. The molecule has 1 unspecified atom stereocenters. The lowest BCUT2D eigenvalue weighted by molar-refractivity contribution is 0.548. The minimum atomic E-state index is 0.363. The molecule has 0 amide bonds. The van der Waals surface area contributed by atoms with Crippen LogP contribution in [0.1, 0.15) is 18.7 Å². The van der Waals surface area contributed by atoms with Crippen LogP contribution in [0.3, 0.4) is 0 Å². The molecule has 15 heavy (non-hydrogen) atoms. The number of rotatable bonds is 7. The first-order valence-corrected chi connectivity index (χ1v) is 6.31. The molecule has 1 atom stereocenters. The fourth-order valence-corrected chi connectivity index (χ4v) is 2.02. The average Bonchev–Trinajstić information content (AvgIpc) is 2.64. The van der Waals surface area contributed by atoms with E-state index < -0.39 is 0 Å². The fourth-order valence-electron chi connectivity index (χ4n) is 1.43. The summed E-state index contributed by atoms with van der Waals surface area (Å²) in [6.07, 6.45) is 3.77. The Morgan fingerprint density at radius 1 is 1.73 bits per heavy atom. The van der Waals surface area contributed by atoms with Gasteiger partial charge in [-0.05, 0) is 13.0 Å². The quantitative estimate of drug-likeness (QED) is 0.568. The number of nitrogens with zero attached hydrogens (tertiary/aromatic N) is 2. The molecule has 0 aliphatic rings. The molecule has 0 saturated heterocycles. The van der Waals surface area contributed by atoms with E-state index in [9.17, 15) is 0 Å². The van der Waals surface area contributed by atoms with Gasteiger partial charge in [0.05, 0.1) is 5.69 Å². The predicted molar refractivity (Wildman–Crippen MR) is 67.1 cm³/mol. The largest absolute Gasteiger partial charge is 0.308 e. The van der Waals surface area contributed by atoms with Gasteiger partial charge in [-0.2, -0.15) is 16.9 Å². The monoisotopic (exact) mass is 225 g/mol. The lowest BCUT2D eigenvalue weighted by atomic mass is 10.2. The maximum absolute atomic E-state index is 4.15. The first-order valence-electron chi connectivity index (χ1n) is 5.15. The first kappa shape index (κ1) is 12.3. The highest BCUT2D eigenvalue weighted by atomic mass is 32.2. The third-order valence-corrected chi connectivity index (χ3v) is 3.20. The highest BCUT2D eigenvalue weighted by Gasteiger charge is 2.07. The zero-order chi connectivity index (χ0) is 11.1. The molecule has 0 fully saturated rings. The summed E-state index contributed by atoms with van der Waals surface area (Å²) in [5, 5.41) is 7.62. The molecule has 0 spiro atoms. The van der Waals surface area contributed by atoms with E-state index in [4.69, 9.17) is 0 Å². The summed E-state index contributed by atoms with van der Waals surface area (Å²) >= 11 is 1.89. The molecular weight excluding hydrogens is 206 g/mol. The number of aryl methyl sites for hydroxylation is 1. The van der Waals surface area contributed by atoms with Gasteiger partial charge in [0.2, 0.25) is 0 Å². The van der Waals surface area contributed by atoms with E-state index in [1.165, 1.54) is 5.69 Å². The zero-order valence-corrected chi connectivity index (χ0v) is 10.3. The highest BCUT2D eigenvalue weighted by Crippen LogP contribution is 2.10. The summed E-state index contributed by atoms with van der Waals surface area (Å²) in [4.78, 5) is 0. The van der Waals surface area contributed by atoms with Crippen molar-refractivity contribution in [1.82, 2.24) is 15.1 Å². The lowest BCUT2D eigenvalue weighted by Gasteiger charge is -2.13. The van der Waals surface area contributed by atoms with Gasteiger partial charge in [0.25, 0.3) is 0 Å². The molecule has 0 radical (unpaired) electrons. The van der Waals surface area contributed by atoms with Gasteiger partial charge in [-0.15, -0.1) is 6.58 Å². The van der Waals surface area contributed by atoms with Gasteiger partial charge in [-0.3, -0.25) is 4.68 Å². The first-order chi connectivity index (χ1) is 7.25. The van der Waals surface area contributed by atoms with E-state index in [1.807, 2.05) is 35.8 Å². The maximum Gasteiger partial charge on any atom is 0.0547 e. The third-order valence-electron chi connectivity index (χ3n) is 2.24. The average molecular weight is 225 g/mol. The molecule has 1 heterocycles. The molecule has 84 valence electrons. The Morgan fingerprint density at radius 3 is 3.13 bits per heavy atom. The van der Waals surface area contributed by atoms with Gasteiger partial charge < -0.3 is 5.32 Å². The maximum atomic E-state index is 4.15. The normalized spacial score (nSPS) is 12.7. The van der Waals surface area contributed by atoms with Crippen molar-refractivity contribution in [1.29, 1.82) is 0 Å². The van der Waals surface area contributed by atoms with Gasteiger partial charge in [0, 0.05) is 37.3 Å². The van der Waals surface area contributed by atoms with Crippen molar-refractivity contribution < 1.29 is 0 Å². The summed E-state index contributed by atoms with van der Waals surface area (Å²) in [6, 6.07) is 2.41. The lowest BCUT2D eigenvalue weighted by Crippen LogP contribution is -2.23. The molecule has 1 aromatic rings. The molecule has 0 bridgehead atoms. The van der Waals surface area contributed by atoms with Crippen molar-refractivity contribution in [2.45, 2.75) is 13.0 Å². The Labute approximate surface area is 95.9 Å². The minimum absolute atomic E-state index is 0.363. The van der Waals surface area contributed by atoms with Crippen LogP contribution in [0.5, 0.6) is 0 Å². The van der Waals surface area contributed by atoms with E-state index in [0.29, 0.717) is 6.04 Å². The molecule has 0 aromatic carbocycles. The van der Waals surface area contributed by atoms with Crippen LogP contribution in [0.4, 0.5) is 0 Å². The van der Waals surface area contributed by atoms with Crippen molar-refractivity contribution >= 4 is 11.8 Å². The van der Waals surface area contributed by atoms with Gasteiger partial charge in [-0.25, -0.2) is 0 Å². The van der Waals surface area contributed by atoms with Crippen molar-refractivity contribution in [3.8, 4) is 0 Å². The highest BCUT2D eigenvalue weighted by molar-refractivity contribution is 7.99. The van der Waals surface area contributed by atoms with Gasteiger partial charge in [-0.1, -0.05) is 6.08 Å². The number of nitrogens with one attached hydrogen (secondary N) is 1. The number of hydrogen-bond acceptors (Lipinski definition) is 3. The molecule has 1 rings (SSSR count). The van der Waals surface area contributed by atoms with E-state index >= 15 is 0 Å². The second-order valence-electron chi connectivity index (χ2n) is 3.42. The summed E-state index contributed by atoms with van der Waals surface area (Å²) in [6.45, 7) is 6.87. The molecule has 0 aliphatic heterocycles. The molecule has 0 saturated carbocycles. The zero-order valence-electron chi connectivity index (χ0n) is 9.44.